The highest BCUT2D eigenvalue weighted by molar-refractivity contribution is 7.79. The summed E-state index contributed by atoms with van der Waals surface area (Å²) >= 11 is -2.34. The summed E-state index contributed by atoms with van der Waals surface area (Å²) in [5.41, 5.74) is 6.08. The first-order valence-electron chi connectivity index (χ1n) is 4.19. The molecule has 0 saturated carbocycles. The van der Waals surface area contributed by atoms with Crippen LogP contribution in [0, 0.1) is 0 Å². The number of phenolic OH excluding ortho intramolecular Hbond substituents is 1. The van der Waals surface area contributed by atoms with Crippen LogP contribution in [0.25, 0.3) is 10.8 Å². The van der Waals surface area contributed by atoms with Crippen LogP contribution < -0.4 is 5.73 Å². The van der Waals surface area contributed by atoms with Gasteiger partial charge in [-0.2, -0.15) is 0 Å². The monoisotopic (exact) mass is 222 g/mol. The van der Waals surface area contributed by atoms with Crippen molar-refractivity contribution in [3.05, 3.63) is 30.3 Å². The number of hydrogen-bond donors (Lipinski definition) is 2. The largest absolute Gasteiger partial charge is 0.768 e. The molecule has 1 atom stereocenters. The van der Waals surface area contributed by atoms with Crippen LogP contribution in [0.1, 0.15) is 0 Å². The van der Waals surface area contributed by atoms with Crippen LogP contribution in [-0.2, 0) is 11.1 Å². The van der Waals surface area contributed by atoms with Gasteiger partial charge in [-0.05, 0) is 40.7 Å². The van der Waals surface area contributed by atoms with Crippen molar-refractivity contribution in [1.82, 2.24) is 0 Å². The third-order valence-corrected chi connectivity index (χ3v) is 2.74. The SMILES string of the molecule is Nc1ccc2cc(S(=O)[O-])cc(O)c2c1. The summed E-state index contributed by atoms with van der Waals surface area (Å²) in [6.45, 7) is 0. The summed E-state index contributed by atoms with van der Waals surface area (Å²) in [4.78, 5) is 0.0600. The Kier molecular flexibility index (Phi) is 2.34. The molecule has 0 saturated heterocycles. The number of phenols is 1. The molecule has 2 aromatic carbocycles. The van der Waals surface area contributed by atoms with Gasteiger partial charge >= 0.3 is 0 Å². The average molecular weight is 222 g/mol. The molecule has 1 unspecified atom stereocenters. The molecule has 0 aliphatic heterocycles. The molecule has 2 rings (SSSR count). The fourth-order valence-corrected chi connectivity index (χ4v) is 1.86. The third-order valence-electron chi connectivity index (χ3n) is 2.12. The first-order chi connectivity index (χ1) is 7.08. The highest BCUT2D eigenvalue weighted by atomic mass is 32.2. The minimum absolute atomic E-state index is 0.0600. The maximum Gasteiger partial charge on any atom is 0.124 e. The zero-order valence-corrected chi connectivity index (χ0v) is 8.45. The van der Waals surface area contributed by atoms with Gasteiger partial charge in [0.05, 0.1) is 0 Å². The molecule has 0 radical (unpaired) electrons. The topological polar surface area (TPSA) is 86.4 Å². The van der Waals surface area contributed by atoms with Gasteiger partial charge in [0.15, 0.2) is 0 Å². The predicted octanol–water partition coefficient (Wildman–Crippen LogP) is 1.37. The van der Waals surface area contributed by atoms with E-state index in [0.717, 1.165) is 0 Å². The van der Waals surface area contributed by atoms with Gasteiger partial charge in [-0.3, -0.25) is 4.21 Å². The van der Waals surface area contributed by atoms with Crippen LogP contribution in [0.4, 0.5) is 5.69 Å². The van der Waals surface area contributed by atoms with E-state index in [1.807, 2.05) is 0 Å². The Morgan fingerprint density at radius 3 is 2.67 bits per heavy atom. The molecule has 0 aliphatic carbocycles. The normalized spacial score (nSPS) is 12.9. The van der Waals surface area contributed by atoms with E-state index in [2.05, 4.69) is 0 Å². The van der Waals surface area contributed by atoms with Crippen LogP contribution in [0.3, 0.4) is 0 Å². The van der Waals surface area contributed by atoms with Crippen molar-refractivity contribution in [2.75, 3.05) is 5.73 Å². The lowest BCUT2D eigenvalue weighted by Gasteiger charge is -2.08. The average Bonchev–Trinajstić information content (AvgIpc) is 2.18. The second-order valence-corrected chi connectivity index (χ2v) is 4.10. The van der Waals surface area contributed by atoms with Gasteiger partial charge in [-0.25, -0.2) is 0 Å². The Morgan fingerprint density at radius 1 is 1.27 bits per heavy atom. The summed E-state index contributed by atoms with van der Waals surface area (Å²) in [6, 6.07) is 7.60. The molecule has 0 heterocycles. The summed E-state index contributed by atoms with van der Waals surface area (Å²) in [6.07, 6.45) is 0. The highest BCUT2D eigenvalue weighted by Crippen LogP contribution is 2.29. The Balaban J connectivity index is 2.78. The zero-order valence-electron chi connectivity index (χ0n) is 7.64. The molecule has 0 amide bonds. The lowest BCUT2D eigenvalue weighted by atomic mass is 10.1. The molecule has 0 spiro atoms. The van der Waals surface area contributed by atoms with Crippen molar-refractivity contribution in [2.45, 2.75) is 4.90 Å². The predicted molar refractivity (Wildman–Crippen MR) is 57.2 cm³/mol. The molecule has 78 valence electrons. The van der Waals surface area contributed by atoms with Gasteiger partial charge in [-0.15, -0.1) is 0 Å². The molecule has 2 aromatic rings. The zero-order chi connectivity index (χ0) is 11.0. The Bertz CT molecular complexity index is 554. The Hall–Kier alpha value is -1.59. The molecule has 0 bridgehead atoms. The summed E-state index contributed by atoms with van der Waals surface area (Å²) < 4.78 is 21.5. The van der Waals surface area contributed by atoms with Gasteiger partial charge in [0.2, 0.25) is 0 Å². The number of anilines is 1. The van der Waals surface area contributed by atoms with Crippen molar-refractivity contribution < 1.29 is 13.9 Å². The van der Waals surface area contributed by atoms with Crippen molar-refractivity contribution in [3.8, 4) is 5.75 Å². The fraction of sp³-hybridized carbons (Fsp3) is 0. The maximum atomic E-state index is 10.7. The molecule has 4 nitrogen and oxygen atoms in total. The molecule has 0 fully saturated rings. The van der Waals surface area contributed by atoms with E-state index in [-0.39, 0.29) is 10.6 Å². The number of benzene rings is 2. The van der Waals surface area contributed by atoms with Gasteiger partial charge in [0, 0.05) is 16.0 Å². The van der Waals surface area contributed by atoms with E-state index in [4.69, 9.17) is 5.73 Å². The smallest absolute Gasteiger partial charge is 0.124 e. The summed E-state index contributed by atoms with van der Waals surface area (Å²) in [7, 11) is 0. The standard InChI is InChI=1S/C10H9NO3S/c11-7-2-1-6-3-8(15(13)14)5-10(12)9(6)4-7/h1-5,12H,11H2,(H,13,14)/p-1. The van der Waals surface area contributed by atoms with Gasteiger partial charge in [0.25, 0.3) is 0 Å². The molecule has 3 N–H and O–H groups in total. The first-order valence-corrected chi connectivity index (χ1v) is 5.27. The number of rotatable bonds is 1. The summed E-state index contributed by atoms with van der Waals surface area (Å²) in [5, 5.41) is 10.8. The Morgan fingerprint density at radius 2 is 2.00 bits per heavy atom. The molecular formula is C10H8NO3S-. The molecule has 5 heteroatoms. The van der Waals surface area contributed by atoms with Crippen LogP contribution in [-0.4, -0.2) is 13.9 Å². The van der Waals surface area contributed by atoms with Crippen molar-refractivity contribution in [3.63, 3.8) is 0 Å². The molecule has 15 heavy (non-hydrogen) atoms. The van der Waals surface area contributed by atoms with E-state index in [1.165, 1.54) is 12.1 Å². The lowest BCUT2D eigenvalue weighted by molar-refractivity contribution is 0.479. The second kappa shape index (κ2) is 3.52. The molecule has 0 aliphatic rings. The quantitative estimate of drug-likeness (QED) is 0.563. The molecule has 0 aromatic heterocycles. The first kappa shape index (κ1) is 9.95. The number of nitrogen functional groups attached to an aromatic ring is 1. The minimum Gasteiger partial charge on any atom is -0.768 e. The third kappa shape index (κ3) is 1.79. The number of aromatic hydroxyl groups is 1. The highest BCUT2D eigenvalue weighted by Gasteiger charge is 2.03. The number of hydrogen-bond acceptors (Lipinski definition) is 4. The molecular weight excluding hydrogens is 214 g/mol. The van der Waals surface area contributed by atoms with E-state index < -0.39 is 11.1 Å². The van der Waals surface area contributed by atoms with Gasteiger partial charge < -0.3 is 15.4 Å². The van der Waals surface area contributed by atoms with E-state index in [0.29, 0.717) is 16.5 Å². The van der Waals surface area contributed by atoms with E-state index >= 15 is 0 Å². The van der Waals surface area contributed by atoms with E-state index in [1.54, 1.807) is 18.2 Å². The van der Waals surface area contributed by atoms with E-state index in [9.17, 15) is 13.9 Å². The minimum atomic E-state index is -2.34. The number of nitrogens with two attached hydrogens (primary N) is 1. The van der Waals surface area contributed by atoms with Gasteiger partial charge in [-0.1, -0.05) is 6.07 Å². The maximum absolute atomic E-state index is 10.7. The van der Waals surface area contributed by atoms with Crippen molar-refractivity contribution >= 4 is 27.5 Å². The lowest BCUT2D eigenvalue weighted by Crippen LogP contribution is -1.90. The Labute approximate surface area is 88.6 Å². The second-order valence-electron chi connectivity index (χ2n) is 3.16. The van der Waals surface area contributed by atoms with Crippen molar-refractivity contribution in [1.29, 1.82) is 0 Å². The van der Waals surface area contributed by atoms with Crippen LogP contribution >= 0.6 is 0 Å². The number of fused-ring (bicyclic) bond motifs is 1. The van der Waals surface area contributed by atoms with Crippen molar-refractivity contribution in [2.24, 2.45) is 0 Å². The van der Waals surface area contributed by atoms with Gasteiger partial charge in [0.1, 0.15) is 5.75 Å². The summed E-state index contributed by atoms with van der Waals surface area (Å²) in [5.74, 6) is -0.0843. The van der Waals surface area contributed by atoms with Crippen LogP contribution in [0.5, 0.6) is 5.75 Å². The fourth-order valence-electron chi connectivity index (χ4n) is 1.43. The van der Waals surface area contributed by atoms with Crippen LogP contribution in [0.15, 0.2) is 35.2 Å². The van der Waals surface area contributed by atoms with Crippen LogP contribution in [0.2, 0.25) is 0 Å².